The number of aromatic nitrogens is 1. The van der Waals surface area contributed by atoms with Crippen molar-refractivity contribution in [1.82, 2.24) is 4.98 Å². The molecule has 1 saturated heterocycles. The fourth-order valence-corrected chi connectivity index (χ4v) is 4.91. The number of amidine groups is 1. The Labute approximate surface area is 181 Å². The van der Waals surface area contributed by atoms with Crippen molar-refractivity contribution >= 4 is 40.1 Å². The van der Waals surface area contributed by atoms with E-state index >= 15 is 0 Å². The standard InChI is InChI=1S/C20H19ClF2N4O2S/c21-12-1-4-17(25-8-12)18(28)26-13-2-3-16(23)15(5-13)20-6-14(7-22)29-9-11(20)10-30-19(24)27-20/h1-5,8,11,14H,6-7,9-10H2,(H2,24,27)(H,26,28). The first-order valence-corrected chi connectivity index (χ1v) is 10.7. The lowest BCUT2D eigenvalue weighted by atomic mass is 9.73. The lowest BCUT2D eigenvalue weighted by Crippen LogP contribution is -2.50. The third kappa shape index (κ3) is 4.01. The third-order valence-corrected chi connectivity index (χ3v) is 6.49. The molecule has 1 amide bonds. The fourth-order valence-electron chi connectivity index (χ4n) is 3.83. The number of ether oxygens (including phenoxy) is 1. The van der Waals surface area contributed by atoms with Crippen LogP contribution in [0.3, 0.4) is 0 Å². The summed E-state index contributed by atoms with van der Waals surface area (Å²) in [6.07, 6.45) is 0.839. The van der Waals surface area contributed by atoms with Crippen molar-refractivity contribution in [3.05, 3.63) is 58.6 Å². The molecule has 0 aliphatic carbocycles. The minimum Gasteiger partial charge on any atom is -0.379 e. The van der Waals surface area contributed by atoms with Crippen LogP contribution in [0.25, 0.3) is 0 Å². The molecule has 0 spiro atoms. The number of halogens is 3. The Hall–Kier alpha value is -2.23. The van der Waals surface area contributed by atoms with Gasteiger partial charge in [0.15, 0.2) is 5.17 Å². The molecule has 6 nitrogen and oxygen atoms in total. The van der Waals surface area contributed by atoms with Gasteiger partial charge >= 0.3 is 0 Å². The number of carbonyl (C=O) groups excluding carboxylic acids is 1. The summed E-state index contributed by atoms with van der Waals surface area (Å²) < 4.78 is 34.0. The SMILES string of the molecule is NC1=NC2(c3cc(NC(=O)c4ccc(Cl)cn4)ccc3F)CC(CF)OCC2CS1. The predicted octanol–water partition coefficient (Wildman–Crippen LogP) is 3.76. The molecule has 30 heavy (non-hydrogen) atoms. The number of fused-ring (bicyclic) bond motifs is 1. The summed E-state index contributed by atoms with van der Waals surface area (Å²) in [6, 6.07) is 7.29. The maximum Gasteiger partial charge on any atom is 0.274 e. The van der Waals surface area contributed by atoms with Crippen LogP contribution in [-0.4, -0.2) is 41.2 Å². The number of nitrogens with zero attached hydrogens (tertiary/aromatic N) is 2. The van der Waals surface area contributed by atoms with Gasteiger partial charge in [0, 0.05) is 35.5 Å². The molecule has 1 aromatic carbocycles. The number of amides is 1. The molecule has 3 N–H and O–H groups in total. The Balaban J connectivity index is 1.70. The Morgan fingerprint density at radius 1 is 1.40 bits per heavy atom. The average molecular weight is 453 g/mol. The van der Waals surface area contributed by atoms with E-state index in [1.165, 1.54) is 42.2 Å². The number of anilines is 1. The number of hydrogen-bond donors (Lipinski definition) is 2. The summed E-state index contributed by atoms with van der Waals surface area (Å²) >= 11 is 7.17. The van der Waals surface area contributed by atoms with E-state index in [1.807, 2.05) is 0 Å². The summed E-state index contributed by atoms with van der Waals surface area (Å²) in [7, 11) is 0. The number of nitrogens with two attached hydrogens (primary N) is 1. The van der Waals surface area contributed by atoms with Gasteiger partial charge in [-0.15, -0.1) is 0 Å². The first-order chi connectivity index (χ1) is 14.4. The highest BCUT2D eigenvalue weighted by Crippen LogP contribution is 2.48. The minimum absolute atomic E-state index is 0.168. The molecular formula is C20H19ClF2N4O2S. The van der Waals surface area contributed by atoms with Gasteiger partial charge in [0.1, 0.15) is 18.2 Å². The smallest absolute Gasteiger partial charge is 0.274 e. The molecule has 1 aromatic heterocycles. The summed E-state index contributed by atoms with van der Waals surface area (Å²) in [4.78, 5) is 21.1. The van der Waals surface area contributed by atoms with E-state index in [0.717, 1.165) is 0 Å². The van der Waals surface area contributed by atoms with Crippen molar-refractivity contribution in [2.45, 2.75) is 18.1 Å². The number of aliphatic imine (C=N–C) groups is 1. The van der Waals surface area contributed by atoms with Crippen LogP contribution < -0.4 is 11.1 Å². The third-order valence-electron chi connectivity index (χ3n) is 5.31. The summed E-state index contributed by atoms with van der Waals surface area (Å²) in [5.74, 6) is -0.547. The molecule has 2 aliphatic rings. The summed E-state index contributed by atoms with van der Waals surface area (Å²) in [5, 5.41) is 3.45. The molecule has 2 aromatic rings. The summed E-state index contributed by atoms with van der Waals surface area (Å²) in [6.45, 7) is -0.444. The molecule has 3 atom stereocenters. The zero-order valence-electron chi connectivity index (χ0n) is 15.8. The number of pyridine rings is 1. The molecule has 2 aliphatic heterocycles. The van der Waals surface area contributed by atoms with E-state index in [4.69, 9.17) is 22.1 Å². The lowest BCUT2D eigenvalue weighted by molar-refractivity contribution is -0.0620. The maximum absolute atomic E-state index is 15.0. The van der Waals surface area contributed by atoms with Gasteiger partial charge in [0.05, 0.1) is 23.3 Å². The maximum atomic E-state index is 15.0. The van der Waals surface area contributed by atoms with Gasteiger partial charge < -0.3 is 15.8 Å². The molecule has 0 bridgehead atoms. The molecule has 4 rings (SSSR count). The van der Waals surface area contributed by atoms with Crippen LogP contribution in [0.2, 0.25) is 5.02 Å². The van der Waals surface area contributed by atoms with Gasteiger partial charge in [-0.25, -0.2) is 13.8 Å². The number of carbonyl (C=O) groups is 1. The normalized spacial score (nSPS) is 25.9. The zero-order chi connectivity index (χ0) is 21.3. The highest BCUT2D eigenvalue weighted by Gasteiger charge is 2.49. The molecule has 0 radical (unpaired) electrons. The van der Waals surface area contributed by atoms with E-state index in [9.17, 15) is 13.6 Å². The second-order valence-corrected chi connectivity index (χ2v) is 8.68. The van der Waals surface area contributed by atoms with Crippen LogP contribution >= 0.6 is 23.4 Å². The number of alkyl halides is 1. The number of hydrogen-bond acceptors (Lipinski definition) is 6. The van der Waals surface area contributed by atoms with Crippen molar-refractivity contribution in [2.24, 2.45) is 16.6 Å². The second-order valence-electron chi connectivity index (χ2n) is 7.21. The van der Waals surface area contributed by atoms with E-state index in [2.05, 4.69) is 15.3 Å². The molecule has 0 saturated carbocycles. The van der Waals surface area contributed by atoms with Crippen molar-refractivity contribution in [3.8, 4) is 0 Å². The molecule has 3 heterocycles. The van der Waals surface area contributed by atoms with E-state index in [-0.39, 0.29) is 30.2 Å². The van der Waals surface area contributed by atoms with Gasteiger partial charge in [0.25, 0.3) is 5.91 Å². The predicted molar refractivity (Wildman–Crippen MR) is 113 cm³/mol. The van der Waals surface area contributed by atoms with Gasteiger partial charge in [-0.1, -0.05) is 23.4 Å². The van der Waals surface area contributed by atoms with Crippen molar-refractivity contribution < 1.29 is 18.3 Å². The zero-order valence-corrected chi connectivity index (χ0v) is 17.4. The van der Waals surface area contributed by atoms with Crippen molar-refractivity contribution in [1.29, 1.82) is 0 Å². The Bertz CT molecular complexity index is 991. The topological polar surface area (TPSA) is 89.6 Å². The molecule has 158 valence electrons. The highest BCUT2D eigenvalue weighted by atomic mass is 35.5. The first-order valence-electron chi connectivity index (χ1n) is 9.30. The Morgan fingerprint density at radius 3 is 2.97 bits per heavy atom. The van der Waals surface area contributed by atoms with Crippen LogP contribution in [0.15, 0.2) is 41.5 Å². The summed E-state index contributed by atoms with van der Waals surface area (Å²) in [5.41, 5.74) is 5.73. The van der Waals surface area contributed by atoms with Crippen LogP contribution in [0.5, 0.6) is 0 Å². The van der Waals surface area contributed by atoms with E-state index in [1.54, 1.807) is 6.07 Å². The van der Waals surface area contributed by atoms with Crippen LogP contribution in [0, 0.1) is 11.7 Å². The Morgan fingerprint density at radius 2 is 2.23 bits per heavy atom. The quantitative estimate of drug-likeness (QED) is 0.737. The van der Waals surface area contributed by atoms with Crippen molar-refractivity contribution in [2.75, 3.05) is 24.4 Å². The Kier molecular flexibility index (Phi) is 5.95. The number of rotatable bonds is 4. The lowest BCUT2D eigenvalue weighted by Gasteiger charge is -2.46. The van der Waals surface area contributed by atoms with Gasteiger partial charge in [-0.2, -0.15) is 0 Å². The molecule has 10 heteroatoms. The van der Waals surface area contributed by atoms with E-state index in [0.29, 0.717) is 21.6 Å². The largest absolute Gasteiger partial charge is 0.379 e. The average Bonchev–Trinajstić information content (AvgIpc) is 2.74. The van der Waals surface area contributed by atoms with E-state index < -0.39 is 30.0 Å². The fraction of sp³-hybridized carbons (Fsp3) is 0.350. The van der Waals surface area contributed by atoms with Gasteiger partial charge in [-0.05, 0) is 30.3 Å². The number of thioether (sulfide) groups is 1. The van der Waals surface area contributed by atoms with Crippen molar-refractivity contribution in [3.63, 3.8) is 0 Å². The highest BCUT2D eigenvalue weighted by molar-refractivity contribution is 8.13. The monoisotopic (exact) mass is 452 g/mol. The number of benzene rings is 1. The molecular weight excluding hydrogens is 434 g/mol. The molecule has 3 unspecified atom stereocenters. The van der Waals surface area contributed by atoms with Crippen LogP contribution in [0.4, 0.5) is 14.5 Å². The minimum atomic E-state index is -1.05. The molecule has 1 fully saturated rings. The second kappa shape index (κ2) is 8.49. The first kappa shape index (κ1) is 21.0. The van der Waals surface area contributed by atoms with Crippen LogP contribution in [0.1, 0.15) is 22.5 Å². The van der Waals surface area contributed by atoms with Crippen LogP contribution in [-0.2, 0) is 10.3 Å². The van der Waals surface area contributed by atoms with Gasteiger partial charge in [0.2, 0.25) is 0 Å². The number of nitrogens with one attached hydrogen (secondary N) is 1. The van der Waals surface area contributed by atoms with Gasteiger partial charge in [-0.3, -0.25) is 9.79 Å².